The van der Waals surface area contributed by atoms with Crippen LogP contribution in [0.25, 0.3) is 11.3 Å². The van der Waals surface area contributed by atoms with E-state index in [1.54, 1.807) is 44.2 Å². The summed E-state index contributed by atoms with van der Waals surface area (Å²) in [7, 11) is 0. The predicted octanol–water partition coefficient (Wildman–Crippen LogP) is 3.38. The summed E-state index contributed by atoms with van der Waals surface area (Å²) in [4.78, 5) is 25.2. The van der Waals surface area contributed by atoms with Gasteiger partial charge in [0.2, 0.25) is 5.91 Å². The zero-order valence-corrected chi connectivity index (χ0v) is 18.3. The van der Waals surface area contributed by atoms with Gasteiger partial charge >= 0.3 is 0 Å². The largest absolute Gasteiger partial charge is 0.494 e. The molecule has 1 amide bonds. The van der Waals surface area contributed by atoms with Crippen LogP contribution in [0.2, 0.25) is 0 Å². The predicted molar refractivity (Wildman–Crippen MR) is 119 cm³/mol. The Hall–Kier alpha value is -3.68. The monoisotopic (exact) mass is 439 g/mol. The summed E-state index contributed by atoms with van der Waals surface area (Å²) in [5.74, 6) is 0.676. The van der Waals surface area contributed by atoms with E-state index in [1.165, 1.54) is 18.2 Å². The molecule has 0 unspecified atom stereocenters. The van der Waals surface area contributed by atoms with Crippen LogP contribution < -0.4 is 20.3 Å². The van der Waals surface area contributed by atoms with Crippen molar-refractivity contribution in [2.75, 3.05) is 19.8 Å². The van der Waals surface area contributed by atoms with E-state index >= 15 is 0 Å². The molecule has 7 nitrogen and oxygen atoms in total. The summed E-state index contributed by atoms with van der Waals surface area (Å²) >= 11 is 0. The molecular weight excluding hydrogens is 413 g/mol. The molecule has 0 spiro atoms. The number of halogens is 1. The topological polar surface area (TPSA) is 82.4 Å². The Morgan fingerprint density at radius 2 is 1.62 bits per heavy atom. The first-order chi connectivity index (χ1) is 15.3. The number of carbonyl (C=O) groups excluding carboxylic acids is 1. The van der Waals surface area contributed by atoms with Crippen LogP contribution in [0.3, 0.4) is 0 Å². The molecule has 1 aromatic heterocycles. The molecule has 0 atom stereocenters. The lowest BCUT2D eigenvalue weighted by atomic mass is 10.0. The number of nitrogens with zero attached hydrogens (tertiary/aromatic N) is 2. The molecular formula is C24H26FN3O4. The lowest BCUT2D eigenvalue weighted by Gasteiger charge is -2.25. The van der Waals surface area contributed by atoms with Crippen molar-refractivity contribution in [3.63, 3.8) is 0 Å². The van der Waals surface area contributed by atoms with Crippen molar-refractivity contribution < 1.29 is 18.7 Å². The van der Waals surface area contributed by atoms with Crippen molar-refractivity contribution in [1.29, 1.82) is 0 Å². The van der Waals surface area contributed by atoms with Crippen molar-refractivity contribution in [1.82, 2.24) is 15.1 Å². The van der Waals surface area contributed by atoms with E-state index < -0.39 is 11.1 Å². The standard InChI is InChI=1S/C24H26FN3O4/c1-4-31-19-9-11-20(12-10-19)32-16-15-26-23(30)24(2,3)28-22(29)14-13-21(27-28)17-5-7-18(25)8-6-17/h5-14H,4,15-16H2,1-3H3,(H,26,30). The molecule has 0 aliphatic rings. The fourth-order valence-corrected chi connectivity index (χ4v) is 3.03. The average Bonchev–Trinajstić information content (AvgIpc) is 2.78. The maximum atomic E-state index is 13.2. The average molecular weight is 439 g/mol. The maximum absolute atomic E-state index is 13.2. The minimum absolute atomic E-state index is 0.252. The molecule has 0 aliphatic carbocycles. The normalized spacial score (nSPS) is 11.1. The van der Waals surface area contributed by atoms with Gasteiger partial charge in [-0.15, -0.1) is 0 Å². The minimum Gasteiger partial charge on any atom is -0.494 e. The summed E-state index contributed by atoms with van der Waals surface area (Å²) < 4.78 is 25.4. The summed E-state index contributed by atoms with van der Waals surface area (Å²) in [6.45, 7) is 6.23. The Bertz CT molecular complexity index is 1110. The molecule has 0 fully saturated rings. The number of nitrogens with one attached hydrogen (secondary N) is 1. The molecule has 0 saturated carbocycles. The van der Waals surface area contributed by atoms with Crippen molar-refractivity contribution in [3.8, 4) is 22.8 Å². The molecule has 32 heavy (non-hydrogen) atoms. The third-order valence-corrected chi connectivity index (χ3v) is 4.82. The van der Waals surface area contributed by atoms with Gasteiger partial charge in [-0.3, -0.25) is 9.59 Å². The van der Waals surface area contributed by atoms with Crippen LogP contribution in [0.1, 0.15) is 20.8 Å². The number of ether oxygens (including phenoxy) is 2. The van der Waals surface area contributed by atoms with E-state index in [-0.39, 0.29) is 24.9 Å². The van der Waals surface area contributed by atoms with Gasteiger partial charge in [0.1, 0.15) is 29.5 Å². The van der Waals surface area contributed by atoms with Gasteiger partial charge in [0.25, 0.3) is 5.56 Å². The molecule has 8 heteroatoms. The molecule has 0 radical (unpaired) electrons. The van der Waals surface area contributed by atoms with Gasteiger partial charge in [-0.2, -0.15) is 5.10 Å². The van der Waals surface area contributed by atoms with Crippen LogP contribution in [0.4, 0.5) is 4.39 Å². The van der Waals surface area contributed by atoms with E-state index in [1.807, 2.05) is 19.1 Å². The van der Waals surface area contributed by atoms with Crippen LogP contribution in [0, 0.1) is 5.82 Å². The van der Waals surface area contributed by atoms with Crippen LogP contribution in [0.15, 0.2) is 65.5 Å². The van der Waals surface area contributed by atoms with Crippen molar-refractivity contribution in [2.45, 2.75) is 26.3 Å². The van der Waals surface area contributed by atoms with Crippen LogP contribution in [-0.2, 0) is 10.3 Å². The van der Waals surface area contributed by atoms with Gasteiger partial charge in [0.05, 0.1) is 18.8 Å². The van der Waals surface area contributed by atoms with Gasteiger partial charge in [-0.25, -0.2) is 9.07 Å². The van der Waals surface area contributed by atoms with Gasteiger partial charge in [0.15, 0.2) is 0 Å². The highest BCUT2D eigenvalue weighted by Crippen LogP contribution is 2.19. The Labute approximate surface area is 185 Å². The van der Waals surface area contributed by atoms with Crippen LogP contribution >= 0.6 is 0 Å². The second-order valence-electron chi connectivity index (χ2n) is 7.54. The highest BCUT2D eigenvalue weighted by molar-refractivity contribution is 5.83. The number of hydrogen-bond acceptors (Lipinski definition) is 5. The highest BCUT2D eigenvalue weighted by atomic mass is 19.1. The number of hydrogen-bond donors (Lipinski definition) is 1. The smallest absolute Gasteiger partial charge is 0.267 e. The quantitative estimate of drug-likeness (QED) is 0.517. The fraction of sp³-hybridized carbons (Fsp3) is 0.292. The summed E-state index contributed by atoms with van der Waals surface area (Å²) in [6.07, 6.45) is 0. The van der Waals surface area contributed by atoms with Crippen molar-refractivity contribution in [2.24, 2.45) is 0 Å². The second kappa shape index (κ2) is 10.1. The maximum Gasteiger partial charge on any atom is 0.267 e. The van der Waals surface area contributed by atoms with E-state index in [4.69, 9.17) is 9.47 Å². The molecule has 0 bridgehead atoms. The molecule has 0 aliphatic heterocycles. The molecule has 168 valence electrons. The molecule has 3 aromatic rings. The number of carbonyl (C=O) groups is 1. The van der Waals surface area contributed by atoms with E-state index in [2.05, 4.69) is 10.4 Å². The van der Waals surface area contributed by atoms with Gasteiger partial charge in [0, 0.05) is 11.6 Å². The zero-order valence-electron chi connectivity index (χ0n) is 18.3. The minimum atomic E-state index is -1.24. The number of benzene rings is 2. The molecule has 1 heterocycles. The van der Waals surface area contributed by atoms with E-state index in [9.17, 15) is 14.0 Å². The van der Waals surface area contributed by atoms with Gasteiger partial charge in [-0.1, -0.05) is 0 Å². The SMILES string of the molecule is CCOc1ccc(OCCNC(=O)C(C)(C)n2nc(-c3ccc(F)cc3)ccc2=O)cc1. The summed E-state index contributed by atoms with van der Waals surface area (Å²) in [5, 5.41) is 7.12. The fourth-order valence-electron chi connectivity index (χ4n) is 3.03. The second-order valence-corrected chi connectivity index (χ2v) is 7.54. The van der Waals surface area contributed by atoms with E-state index in [0.717, 1.165) is 10.4 Å². The first kappa shape index (κ1) is 23.0. The Balaban J connectivity index is 1.62. The van der Waals surface area contributed by atoms with Crippen LogP contribution in [0.5, 0.6) is 11.5 Å². The number of aromatic nitrogens is 2. The first-order valence-corrected chi connectivity index (χ1v) is 10.3. The lowest BCUT2D eigenvalue weighted by molar-refractivity contribution is -0.129. The van der Waals surface area contributed by atoms with Gasteiger partial charge < -0.3 is 14.8 Å². The van der Waals surface area contributed by atoms with Crippen molar-refractivity contribution in [3.05, 3.63) is 76.8 Å². The third-order valence-electron chi connectivity index (χ3n) is 4.82. The van der Waals surface area contributed by atoms with Crippen molar-refractivity contribution >= 4 is 5.91 Å². The highest BCUT2D eigenvalue weighted by Gasteiger charge is 2.32. The van der Waals surface area contributed by atoms with Crippen LogP contribution in [-0.4, -0.2) is 35.4 Å². The Morgan fingerprint density at radius 1 is 1.00 bits per heavy atom. The molecule has 2 aromatic carbocycles. The molecule has 3 rings (SSSR count). The summed E-state index contributed by atoms with van der Waals surface area (Å²) in [6, 6.07) is 15.9. The number of amides is 1. The molecule has 1 N–H and O–H groups in total. The summed E-state index contributed by atoms with van der Waals surface area (Å²) in [5.41, 5.74) is -0.558. The number of rotatable bonds is 9. The lowest BCUT2D eigenvalue weighted by Crippen LogP contribution is -2.50. The third kappa shape index (κ3) is 5.51. The first-order valence-electron chi connectivity index (χ1n) is 10.3. The Kier molecular flexibility index (Phi) is 7.25. The van der Waals surface area contributed by atoms with E-state index in [0.29, 0.717) is 23.6 Å². The molecule has 0 saturated heterocycles. The Morgan fingerprint density at radius 3 is 2.25 bits per heavy atom. The van der Waals surface area contributed by atoms with Gasteiger partial charge in [-0.05, 0) is 75.4 Å². The zero-order chi connectivity index (χ0) is 23.1.